The zero-order valence-electron chi connectivity index (χ0n) is 14.4. The quantitative estimate of drug-likeness (QED) is 0.849. The predicted octanol–water partition coefficient (Wildman–Crippen LogP) is 3.67. The number of hydrogen-bond donors (Lipinski definition) is 1. The number of likely N-dealkylation sites (tertiary alicyclic amines) is 1. The number of halogens is 1. The van der Waals surface area contributed by atoms with E-state index in [1.807, 2.05) is 12.1 Å². The molecule has 1 aromatic carbocycles. The Morgan fingerprint density at radius 2 is 1.92 bits per heavy atom. The van der Waals surface area contributed by atoms with Gasteiger partial charge in [-0.15, -0.1) is 12.4 Å². The van der Waals surface area contributed by atoms with E-state index in [2.05, 4.69) is 22.3 Å². The van der Waals surface area contributed by atoms with Crippen LogP contribution in [0.5, 0.6) is 5.75 Å². The minimum absolute atomic E-state index is 0. The normalized spacial score (nSPS) is 15.9. The molecule has 2 heterocycles. The first-order valence-electron chi connectivity index (χ1n) is 8.47. The molecule has 25 heavy (non-hydrogen) atoms. The molecule has 1 aromatic heterocycles. The molecule has 136 valence electrons. The highest BCUT2D eigenvalue weighted by Gasteiger charge is 2.23. The summed E-state index contributed by atoms with van der Waals surface area (Å²) >= 11 is 0. The van der Waals surface area contributed by atoms with Crippen LogP contribution in [0.15, 0.2) is 47.1 Å². The third-order valence-electron chi connectivity index (χ3n) is 4.53. The van der Waals surface area contributed by atoms with Crippen LogP contribution in [0.25, 0.3) is 0 Å². The zero-order valence-corrected chi connectivity index (χ0v) is 15.3. The van der Waals surface area contributed by atoms with Crippen LogP contribution in [-0.2, 0) is 0 Å². The second-order valence-corrected chi connectivity index (χ2v) is 6.07. The van der Waals surface area contributed by atoms with Crippen LogP contribution in [0.2, 0.25) is 0 Å². The molecule has 5 nitrogen and oxygen atoms in total. The van der Waals surface area contributed by atoms with E-state index in [1.165, 1.54) is 31.1 Å². The van der Waals surface area contributed by atoms with Crippen molar-refractivity contribution in [1.82, 2.24) is 10.2 Å². The molecule has 6 heteroatoms. The number of carbonyl (C=O) groups is 1. The average Bonchev–Trinajstić information content (AvgIpc) is 3.18. The van der Waals surface area contributed by atoms with Crippen molar-refractivity contribution in [2.24, 2.45) is 0 Å². The molecule has 1 fully saturated rings. The first kappa shape index (κ1) is 19.3. The Morgan fingerprint density at radius 3 is 2.52 bits per heavy atom. The van der Waals surface area contributed by atoms with Gasteiger partial charge in [-0.25, -0.2) is 0 Å². The van der Waals surface area contributed by atoms with Crippen LogP contribution >= 0.6 is 12.4 Å². The highest BCUT2D eigenvalue weighted by atomic mass is 35.5. The SMILES string of the molecule is COc1ccc(C(CNC(=O)c2ccco2)N2CCCCC2)cc1.Cl. The number of methoxy groups -OCH3 is 1. The van der Waals surface area contributed by atoms with Gasteiger partial charge in [-0.05, 0) is 55.8 Å². The van der Waals surface area contributed by atoms with Crippen LogP contribution in [-0.4, -0.2) is 37.6 Å². The summed E-state index contributed by atoms with van der Waals surface area (Å²) in [6.07, 6.45) is 5.21. The van der Waals surface area contributed by atoms with Gasteiger partial charge in [-0.2, -0.15) is 0 Å². The number of ether oxygens (including phenoxy) is 1. The van der Waals surface area contributed by atoms with Gasteiger partial charge in [-0.1, -0.05) is 18.6 Å². The first-order valence-corrected chi connectivity index (χ1v) is 8.47. The minimum Gasteiger partial charge on any atom is -0.497 e. The third-order valence-corrected chi connectivity index (χ3v) is 4.53. The molecule has 1 amide bonds. The molecule has 0 radical (unpaired) electrons. The summed E-state index contributed by atoms with van der Waals surface area (Å²) < 4.78 is 10.4. The smallest absolute Gasteiger partial charge is 0.287 e. The van der Waals surface area contributed by atoms with Gasteiger partial charge in [0.2, 0.25) is 0 Å². The van der Waals surface area contributed by atoms with E-state index in [1.54, 1.807) is 19.2 Å². The standard InChI is InChI=1S/C19H24N2O3.ClH/c1-23-16-9-7-15(8-10-16)17(21-11-3-2-4-12-21)14-20-19(22)18-6-5-13-24-18;/h5-10,13,17H,2-4,11-12,14H2,1H3,(H,20,22);1H. The number of amides is 1. The number of nitrogens with one attached hydrogen (secondary N) is 1. The summed E-state index contributed by atoms with van der Waals surface area (Å²) in [6, 6.07) is 11.7. The monoisotopic (exact) mass is 364 g/mol. The molecule has 2 aromatic rings. The van der Waals surface area contributed by atoms with E-state index < -0.39 is 0 Å². The fraction of sp³-hybridized carbons (Fsp3) is 0.421. The van der Waals surface area contributed by atoms with Gasteiger partial charge in [-0.3, -0.25) is 9.69 Å². The minimum atomic E-state index is -0.171. The van der Waals surface area contributed by atoms with Crippen molar-refractivity contribution >= 4 is 18.3 Å². The van der Waals surface area contributed by atoms with Crippen molar-refractivity contribution in [1.29, 1.82) is 0 Å². The summed E-state index contributed by atoms with van der Waals surface area (Å²) in [5.41, 5.74) is 1.19. The average molecular weight is 365 g/mol. The molecule has 0 aliphatic carbocycles. The number of benzene rings is 1. The van der Waals surface area contributed by atoms with Crippen LogP contribution in [0.3, 0.4) is 0 Å². The van der Waals surface area contributed by atoms with Crippen molar-refractivity contribution in [2.75, 3.05) is 26.7 Å². The number of piperidine rings is 1. The Hall–Kier alpha value is -1.98. The number of hydrogen-bond acceptors (Lipinski definition) is 4. The predicted molar refractivity (Wildman–Crippen MR) is 99.4 cm³/mol. The lowest BCUT2D eigenvalue weighted by molar-refractivity contribution is 0.0897. The summed E-state index contributed by atoms with van der Waals surface area (Å²) in [5, 5.41) is 3.00. The summed E-state index contributed by atoms with van der Waals surface area (Å²) in [7, 11) is 1.67. The lowest BCUT2D eigenvalue weighted by Gasteiger charge is -2.35. The van der Waals surface area contributed by atoms with Gasteiger partial charge in [0, 0.05) is 6.54 Å². The van der Waals surface area contributed by atoms with Crippen LogP contribution in [0.1, 0.15) is 41.4 Å². The van der Waals surface area contributed by atoms with Gasteiger partial charge >= 0.3 is 0 Å². The van der Waals surface area contributed by atoms with E-state index in [-0.39, 0.29) is 24.4 Å². The Labute approximate surface area is 154 Å². The van der Waals surface area contributed by atoms with Gasteiger partial charge in [0.15, 0.2) is 5.76 Å². The first-order chi connectivity index (χ1) is 11.8. The molecular formula is C19H25ClN2O3. The van der Waals surface area contributed by atoms with Crippen LogP contribution < -0.4 is 10.1 Å². The van der Waals surface area contributed by atoms with Crippen LogP contribution in [0.4, 0.5) is 0 Å². The van der Waals surface area contributed by atoms with Gasteiger partial charge in [0.1, 0.15) is 5.75 Å². The van der Waals surface area contributed by atoms with Gasteiger partial charge in [0.25, 0.3) is 5.91 Å². The van der Waals surface area contributed by atoms with Crippen LogP contribution in [0, 0.1) is 0 Å². The highest BCUT2D eigenvalue weighted by Crippen LogP contribution is 2.26. The topological polar surface area (TPSA) is 54.7 Å². The number of nitrogens with zero attached hydrogens (tertiary/aromatic N) is 1. The lowest BCUT2D eigenvalue weighted by Crippen LogP contribution is -2.40. The lowest BCUT2D eigenvalue weighted by atomic mass is 10.0. The molecule has 0 spiro atoms. The molecule has 1 aliphatic rings. The molecule has 1 unspecified atom stereocenters. The van der Waals surface area contributed by atoms with Crippen molar-refractivity contribution in [3.8, 4) is 5.75 Å². The van der Waals surface area contributed by atoms with E-state index in [0.29, 0.717) is 12.3 Å². The number of carbonyl (C=O) groups excluding carboxylic acids is 1. The molecule has 1 aliphatic heterocycles. The van der Waals surface area contributed by atoms with Crippen molar-refractivity contribution in [2.45, 2.75) is 25.3 Å². The summed E-state index contributed by atoms with van der Waals surface area (Å²) in [4.78, 5) is 14.6. The summed E-state index contributed by atoms with van der Waals surface area (Å²) in [6.45, 7) is 2.69. The molecule has 3 rings (SSSR count). The molecule has 1 N–H and O–H groups in total. The maximum Gasteiger partial charge on any atom is 0.287 e. The second-order valence-electron chi connectivity index (χ2n) is 6.07. The van der Waals surface area contributed by atoms with Gasteiger partial charge in [0.05, 0.1) is 19.4 Å². The van der Waals surface area contributed by atoms with E-state index in [0.717, 1.165) is 18.8 Å². The van der Waals surface area contributed by atoms with Gasteiger partial charge < -0.3 is 14.5 Å². The molecule has 0 bridgehead atoms. The molecule has 1 atom stereocenters. The number of rotatable bonds is 6. The fourth-order valence-corrected chi connectivity index (χ4v) is 3.20. The van der Waals surface area contributed by atoms with E-state index in [9.17, 15) is 4.79 Å². The molecule has 0 saturated carbocycles. The van der Waals surface area contributed by atoms with E-state index >= 15 is 0 Å². The molecular weight excluding hydrogens is 340 g/mol. The Morgan fingerprint density at radius 1 is 1.20 bits per heavy atom. The van der Waals surface area contributed by atoms with Crippen molar-refractivity contribution < 1.29 is 13.9 Å². The van der Waals surface area contributed by atoms with E-state index in [4.69, 9.17) is 9.15 Å². The molecule has 1 saturated heterocycles. The Kier molecular flexibility index (Phi) is 7.34. The largest absolute Gasteiger partial charge is 0.497 e. The zero-order chi connectivity index (χ0) is 16.8. The van der Waals surface area contributed by atoms with Crippen molar-refractivity contribution in [3.05, 3.63) is 54.0 Å². The number of furan rings is 1. The Bertz CT molecular complexity index is 637. The second kappa shape index (κ2) is 9.49. The highest BCUT2D eigenvalue weighted by molar-refractivity contribution is 5.91. The summed E-state index contributed by atoms with van der Waals surface area (Å²) in [5.74, 6) is 1.02. The fourth-order valence-electron chi connectivity index (χ4n) is 3.20. The third kappa shape index (κ3) is 5.00. The Balaban J connectivity index is 0.00000225. The van der Waals surface area contributed by atoms with Crippen molar-refractivity contribution in [3.63, 3.8) is 0 Å². The maximum absolute atomic E-state index is 12.2. The maximum atomic E-state index is 12.2.